The van der Waals surface area contributed by atoms with Crippen LogP contribution < -0.4 is 5.32 Å². The highest BCUT2D eigenvalue weighted by atomic mass is 32.2. The Hall–Kier alpha value is -1.08. The quantitative estimate of drug-likeness (QED) is 0.893. The molecule has 1 rings (SSSR count). The highest BCUT2D eigenvalue weighted by Gasteiger charge is 2.17. The van der Waals surface area contributed by atoms with Gasteiger partial charge in [-0.2, -0.15) is 0 Å². The molecule has 0 spiro atoms. The molecule has 0 saturated heterocycles. The lowest BCUT2D eigenvalue weighted by Gasteiger charge is -2.13. The van der Waals surface area contributed by atoms with Crippen LogP contribution in [0.3, 0.4) is 0 Å². The van der Waals surface area contributed by atoms with Crippen LogP contribution in [0, 0.1) is 5.92 Å². The molecule has 1 aromatic rings. The van der Waals surface area contributed by atoms with Crippen molar-refractivity contribution in [1.29, 1.82) is 0 Å². The summed E-state index contributed by atoms with van der Waals surface area (Å²) in [6, 6.07) is 4.11. The lowest BCUT2D eigenvalue weighted by molar-refractivity contribution is 0.600. The van der Waals surface area contributed by atoms with E-state index in [0.717, 1.165) is 12.5 Å². The first kappa shape index (κ1) is 16.0. The van der Waals surface area contributed by atoms with Gasteiger partial charge in [-0.25, -0.2) is 16.8 Å². The SMILES string of the molecule is CC(C)CNc1ccc(S(C)(=O)=O)cc1S(C)(=O)=O. The molecule has 0 aliphatic heterocycles. The summed E-state index contributed by atoms with van der Waals surface area (Å²) < 4.78 is 46.4. The number of sulfone groups is 2. The summed E-state index contributed by atoms with van der Waals surface area (Å²) in [6.07, 6.45) is 2.12. The van der Waals surface area contributed by atoms with Crippen molar-refractivity contribution in [3.63, 3.8) is 0 Å². The molecular weight excluding hydrogens is 286 g/mol. The molecule has 0 bridgehead atoms. The summed E-state index contributed by atoms with van der Waals surface area (Å²) in [7, 11) is -6.92. The lowest BCUT2D eigenvalue weighted by atomic mass is 10.2. The topological polar surface area (TPSA) is 80.3 Å². The monoisotopic (exact) mass is 305 g/mol. The predicted octanol–water partition coefficient (Wildman–Crippen LogP) is 1.56. The zero-order valence-corrected chi connectivity index (χ0v) is 13.1. The number of nitrogens with one attached hydrogen (secondary N) is 1. The molecule has 0 atom stereocenters. The third-order valence-corrected chi connectivity index (χ3v) is 4.73. The molecule has 19 heavy (non-hydrogen) atoms. The molecule has 1 N–H and O–H groups in total. The number of anilines is 1. The molecule has 0 heterocycles. The summed E-state index contributed by atoms with van der Waals surface area (Å²) in [4.78, 5) is 0.0131. The van der Waals surface area contributed by atoms with Crippen molar-refractivity contribution in [2.75, 3.05) is 24.4 Å². The number of benzene rings is 1. The van der Waals surface area contributed by atoms with E-state index in [2.05, 4.69) is 5.32 Å². The van der Waals surface area contributed by atoms with Gasteiger partial charge in [-0.15, -0.1) is 0 Å². The maximum Gasteiger partial charge on any atom is 0.177 e. The van der Waals surface area contributed by atoms with Gasteiger partial charge in [0.15, 0.2) is 19.7 Å². The lowest BCUT2D eigenvalue weighted by Crippen LogP contribution is -2.12. The van der Waals surface area contributed by atoms with Gasteiger partial charge in [0.25, 0.3) is 0 Å². The van der Waals surface area contributed by atoms with Gasteiger partial charge in [0.05, 0.1) is 15.5 Å². The smallest absolute Gasteiger partial charge is 0.177 e. The average Bonchev–Trinajstić information content (AvgIpc) is 2.23. The van der Waals surface area contributed by atoms with Crippen LogP contribution in [0.2, 0.25) is 0 Å². The van der Waals surface area contributed by atoms with Gasteiger partial charge in [0, 0.05) is 19.1 Å². The molecule has 0 aromatic heterocycles. The van der Waals surface area contributed by atoms with E-state index in [4.69, 9.17) is 0 Å². The van der Waals surface area contributed by atoms with Crippen LogP contribution in [0.4, 0.5) is 5.69 Å². The van der Waals surface area contributed by atoms with Gasteiger partial charge in [-0.1, -0.05) is 13.8 Å². The summed E-state index contributed by atoms with van der Waals surface area (Å²) >= 11 is 0. The van der Waals surface area contributed by atoms with E-state index in [1.165, 1.54) is 18.2 Å². The van der Waals surface area contributed by atoms with E-state index in [-0.39, 0.29) is 9.79 Å². The second kappa shape index (κ2) is 5.50. The normalized spacial score (nSPS) is 12.7. The van der Waals surface area contributed by atoms with Crippen LogP contribution >= 0.6 is 0 Å². The Morgan fingerprint density at radius 1 is 1.05 bits per heavy atom. The largest absolute Gasteiger partial charge is 0.384 e. The van der Waals surface area contributed by atoms with Crippen molar-refractivity contribution in [2.24, 2.45) is 5.92 Å². The first-order valence-electron chi connectivity index (χ1n) is 5.80. The first-order chi connectivity index (χ1) is 8.51. The van der Waals surface area contributed by atoms with Crippen LogP contribution in [-0.4, -0.2) is 35.9 Å². The fourth-order valence-electron chi connectivity index (χ4n) is 1.50. The predicted molar refractivity (Wildman–Crippen MR) is 76.0 cm³/mol. The summed E-state index contributed by atoms with van der Waals surface area (Å²) in [5, 5.41) is 3.02. The Morgan fingerprint density at radius 2 is 1.63 bits per heavy atom. The first-order valence-corrected chi connectivity index (χ1v) is 9.58. The second-order valence-corrected chi connectivity index (χ2v) is 8.98. The van der Waals surface area contributed by atoms with Crippen LogP contribution in [0.25, 0.3) is 0 Å². The van der Waals surface area contributed by atoms with Crippen molar-refractivity contribution in [1.82, 2.24) is 0 Å². The zero-order chi connectivity index (χ0) is 14.8. The molecule has 0 radical (unpaired) electrons. The molecule has 0 fully saturated rings. The van der Waals surface area contributed by atoms with Crippen molar-refractivity contribution < 1.29 is 16.8 Å². The molecule has 5 nitrogen and oxygen atoms in total. The summed E-state index contributed by atoms with van der Waals surface area (Å²) in [5.41, 5.74) is 0.434. The molecule has 0 aliphatic rings. The summed E-state index contributed by atoms with van der Waals surface area (Å²) in [6.45, 7) is 4.61. The maximum atomic E-state index is 11.7. The Bertz CT molecular complexity index is 661. The average molecular weight is 305 g/mol. The molecule has 1 aromatic carbocycles. The van der Waals surface area contributed by atoms with Crippen LogP contribution in [0.1, 0.15) is 13.8 Å². The molecular formula is C12H19NO4S2. The van der Waals surface area contributed by atoms with E-state index in [0.29, 0.717) is 18.2 Å². The zero-order valence-electron chi connectivity index (χ0n) is 11.5. The van der Waals surface area contributed by atoms with Crippen molar-refractivity contribution in [3.05, 3.63) is 18.2 Å². The third kappa shape index (κ3) is 4.50. The van der Waals surface area contributed by atoms with E-state index < -0.39 is 19.7 Å². The van der Waals surface area contributed by atoms with E-state index in [1.54, 1.807) is 0 Å². The maximum absolute atomic E-state index is 11.7. The Morgan fingerprint density at radius 3 is 2.05 bits per heavy atom. The van der Waals surface area contributed by atoms with Crippen LogP contribution in [0.15, 0.2) is 28.0 Å². The minimum atomic E-state index is -3.49. The van der Waals surface area contributed by atoms with Crippen molar-refractivity contribution in [3.8, 4) is 0 Å². The Labute approximate surface area is 114 Å². The van der Waals surface area contributed by atoms with Gasteiger partial charge >= 0.3 is 0 Å². The van der Waals surface area contributed by atoms with E-state index >= 15 is 0 Å². The number of rotatable bonds is 5. The fraction of sp³-hybridized carbons (Fsp3) is 0.500. The Balaban J connectivity index is 3.34. The van der Waals surface area contributed by atoms with Gasteiger partial charge < -0.3 is 5.32 Å². The molecule has 0 unspecified atom stereocenters. The van der Waals surface area contributed by atoms with E-state index in [1.807, 2.05) is 13.8 Å². The third-order valence-electron chi connectivity index (χ3n) is 2.48. The van der Waals surface area contributed by atoms with Gasteiger partial charge in [0.2, 0.25) is 0 Å². The minimum Gasteiger partial charge on any atom is -0.384 e. The van der Waals surface area contributed by atoms with Gasteiger partial charge in [0.1, 0.15) is 0 Å². The number of hydrogen-bond donors (Lipinski definition) is 1. The standard InChI is InChI=1S/C12H19NO4S2/c1-9(2)8-13-11-6-5-10(18(3,14)15)7-12(11)19(4,16)17/h5-7,9,13H,8H2,1-4H3. The number of hydrogen-bond acceptors (Lipinski definition) is 5. The van der Waals surface area contributed by atoms with Crippen LogP contribution in [-0.2, 0) is 19.7 Å². The molecule has 0 saturated carbocycles. The second-order valence-electron chi connectivity index (χ2n) is 4.98. The summed E-state index contributed by atoms with van der Waals surface area (Å²) in [5.74, 6) is 0.349. The van der Waals surface area contributed by atoms with Crippen molar-refractivity contribution in [2.45, 2.75) is 23.6 Å². The van der Waals surface area contributed by atoms with Gasteiger partial charge in [-0.3, -0.25) is 0 Å². The minimum absolute atomic E-state index is 0.00280. The Kier molecular flexibility index (Phi) is 4.63. The van der Waals surface area contributed by atoms with Crippen LogP contribution in [0.5, 0.6) is 0 Å². The molecule has 7 heteroatoms. The van der Waals surface area contributed by atoms with Crippen molar-refractivity contribution >= 4 is 25.4 Å². The highest BCUT2D eigenvalue weighted by Crippen LogP contribution is 2.25. The fourth-order valence-corrected chi connectivity index (χ4v) is 3.10. The highest BCUT2D eigenvalue weighted by molar-refractivity contribution is 7.91. The van der Waals surface area contributed by atoms with E-state index in [9.17, 15) is 16.8 Å². The van der Waals surface area contributed by atoms with Gasteiger partial charge in [-0.05, 0) is 24.1 Å². The molecule has 108 valence electrons. The molecule has 0 aliphatic carbocycles. The molecule has 0 amide bonds.